The van der Waals surface area contributed by atoms with E-state index in [1.54, 1.807) is 0 Å². The Kier molecular flexibility index (Phi) is 2.50. The molecule has 0 aromatic carbocycles. The molecule has 0 aliphatic carbocycles. The highest BCUT2D eigenvalue weighted by Gasteiger charge is 2.45. The van der Waals surface area contributed by atoms with E-state index in [0.29, 0.717) is 5.92 Å². The minimum atomic E-state index is -0.429. The van der Waals surface area contributed by atoms with Crippen LogP contribution in [0.15, 0.2) is 20.7 Å². The zero-order valence-electron chi connectivity index (χ0n) is 9.07. The SMILES string of the molecule is CC(C)CC1(C(C)(C)C)N=NN=N1. The topological polar surface area (TPSA) is 49.4 Å². The second kappa shape index (κ2) is 3.16. The normalized spacial score (nSPS) is 20.2. The molecule has 0 aromatic rings. The first-order valence-corrected chi connectivity index (χ1v) is 4.71. The zero-order valence-corrected chi connectivity index (χ0v) is 9.07. The van der Waals surface area contributed by atoms with Gasteiger partial charge in [0.2, 0.25) is 0 Å². The molecular weight excluding hydrogens is 164 g/mol. The third-order valence-corrected chi connectivity index (χ3v) is 2.35. The van der Waals surface area contributed by atoms with Crippen molar-refractivity contribution in [3.05, 3.63) is 0 Å². The van der Waals surface area contributed by atoms with Gasteiger partial charge in [0.1, 0.15) is 0 Å². The highest BCUT2D eigenvalue weighted by molar-refractivity contribution is 4.96. The van der Waals surface area contributed by atoms with E-state index < -0.39 is 5.66 Å². The molecule has 1 aliphatic rings. The fourth-order valence-electron chi connectivity index (χ4n) is 1.47. The van der Waals surface area contributed by atoms with Crippen molar-refractivity contribution >= 4 is 0 Å². The summed E-state index contributed by atoms with van der Waals surface area (Å²) in [4.78, 5) is 0. The zero-order chi connectivity index (χ0) is 10.1. The van der Waals surface area contributed by atoms with Crippen LogP contribution in [0.5, 0.6) is 0 Å². The third-order valence-electron chi connectivity index (χ3n) is 2.35. The summed E-state index contributed by atoms with van der Waals surface area (Å²) in [6.07, 6.45) is 0.906. The molecule has 74 valence electrons. The number of rotatable bonds is 2. The summed E-state index contributed by atoms with van der Waals surface area (Å²) in [5, 5.41) is 15.6. The van der Waals surface area contributed by atoms with Crippen LogP contribution in [-0.2, 0) is 0 Å². The molecule has 0 saturated heterocycles. The highest BCUT2D eigenvalue weighted by Crippen LogP contribution is 2.42. The minimum Gasteiger partial charge on any atom is -0.134 e. The lowest BCUT2D eigenvalue weighted by Crippen LogP contribution is -2.38. The second-order valence-corrected chi connectivity index (χ2v) is 5.04. The van der Waals surface area contributed by atoms with Crippen LogP contribution in [0, 0.1) is 11.3 Å². The van der Waals surface area contributed by atoms with Crippen molar-refractivity contribution in [2.75, 3.05) is 0 Å². The Bertz CT molecular complexity index is 222. The summed E-state index contributed by atoms with van der Waals surface area (Å²) in [6.45, 7) is 10.7. The Morgan fingerprint density at radius 1 is 1.08 bits per heavy atom. The average molecular weight is 182 g/mol. The van der Waals surface area contributed by atoms with E-state index in [2.05, 4.69) is 55.3 Å². The molecule has 0 bridgehead atoms. The fraction of sp³-hybridized carbons (Fsp3) is 1.00. The van der Waals surface area contributed by atoms with Gasteiger partial charge in [-0.05, 0) is 22.8 Å². The van der Waals surface area contributed by atoms with Gasteiger partial charge in [-0.25, -0.2) is 0 Å². The Hall–Kier alpha value is -0.800. The van der Waals surface area contributed by atoms with Crippen molar-refractivity contribution in [1.82, 2.24) is 0 Å². The first-order chi connectivity index (χ1) is 5.87. The van der Waals surface area contributed by atoms with Crippen molar-refractivity contribution in [1.29, 1.82) is 0 Å². The van der Waals surface area contributed by atoms with Crippen LogP contribution in [0.3, 0.4) is 0 Å². The molecule has 0 aromatic heterocycles. The van der Waals surface area contributed by atoms with E-state index in [-0.39, 0.29) is 5.41 Å². The lowest BCUT2D eigenvalue weighted by molar-refractivity contribution is 0.163. The Balaban J connectivity index is 2.90. The molecule has 0 atom stereocenters. The average Bonchev–Trinajstić information content (AvgIpc) is 2.33. The maximum Gasteiger partial charge on any atom is 0.200 e. The molecular formula is C9H18N4. The summed E-state index contributed by atoms with van der Waals surface area (Å²) in [6, 6.07) is 0. The van der Waals surface area contributed by atoms with Crippen molar-refractivity contribution < 1.29 is 0 Å². The van der Waals surface area contributed by atoms with Crippen LogP contribution in [0.2, 0.25) is 0 Å². The van der Waals surface area contributed by atoms with Gasteiger partial charge in [-0.3, -0.25) is 0 Å². The van der Waals surface area contributed by atoms with E-state index >= 15 is 0 Å². The quantitative estimate of drug-likeness (QED) is 0.626. The van der Waals surface area contributed by atoms with E-state index in [4.69, 9.17) is 0 Å². The molecule has 0 N–H and O–H groups in total. The molecule has 0 saturated carbocycles. The summed E-state index contributed by atoms with van der Waals surface area (Å²) < 4.78 is 0. The van der Waals surface area contributed by atoms with Gasteiger partial charge in [0.05, 0.1) is 0 Å². The molecule has 1 rings (SSSR count). The fourth-order valence-corrected chi connectivity index (χ4v) is 1.47. The van der Waals surface area contributed by atoms with Crippen molar-refractivity contribution in [3.63, 3.8) is 0 Å². The van der Waals surface area contributed by atoms with Gasteiger partial charge in [-0.15, -0.1) is 10.2 Å². The predicted molar refractivity (Wildman–Crippen MR) is 51.4 cm³/mol. The van der Waals surface area contributed by atoms with Gasteiger partial charge in [-0.2, -0.15) is 0 Å². The van der Waals surface area contributed by atoms with Crippen LogP contribution in [-0.4, -0.2) is 5.66 Å². The first kappa shape index (κ1) is 10.3. The van der Waals surface area contributed by atoms with Gasteiger partial charge in [-0.1, -0.05) is 34.6 Å². The summed E-state index contributed by atoms with van der Waals surface area (Å²) in [5.74, 6) is 0.551. The third kappa shape index (κ3) is 1.92. The Morgan fingerprint density at radius 3 is 1.85 bits per heavy atom. The van der Waals surface area contributed by atoms with Crippen molar-refractivity contribution in [3.8, 4) is 0 Å². The maximum atomic E-state index is 4.17. The largest absolute Gasteiger partial charge is 0.200 e. The van der Waals surface area contributed by atoms with Gasteiger partial charge >= 0.3 is 0 Å². The molecule has 4 nitrogen and oxygen atoms in total. The highest BCUT2D eigenvalue weighted by atomic mass is 15.6. The van der Waals surface area contributed by atoms with Crippen LogP contribution in [0.25, 0.3) is 0 Å². The number of hydrogen-bond acceptors (Lipinski definition) is 4. The number of hydrogen-bond donors (Lipinski definition) is 0. The van der Waals surface area contributed by atoms with E-state index in [0.717, 1.165) is 6.42 Å². The number of nitrogens with zero attached hydrogens (tertiary/aromatic N) is 4. The molecule has 0 radical (unpaired) electrons. The Morgan fingerprint density at radius 2 is 1.54 bits per heavy atom. The van der Waals surface area contributed by atoms with E-state index in [1.807, 2.05) is 0 Å². The van der Waals surface area contributed by atoms with Crippen LogP contribution in [0.4, 0.5) is 0 Å². The minimum absolute atomic E-state index is 0.0131. The molecule has 0 spiro atoms. The summed E-state index contributed by atoms with van der Waals surface area (Å²) >= 11 is 0. The molecule has 1 heterocycles. The Labute approximate surface area is 79.5 Å². The van der Waals surface area contributed by atoms with Gasteiger partial charge in [0, 0.05) is 5.41 Å². The molecule has 1 aliphatic heterocycles. The van der Waals surface area contributed by atoms with Gasteiger partial charge < -0.3 is 0 Å². The van der Waals surface area contributed by atoms with Crippen LogP contribution in [0.1, 0.15) is 41.0 Å². The van der Waals surface area contributed by atoms with Gasteiger partial charge in [0.25, 0.3) is 0 Å². The van der Waals surface area contributed by atoms with Crippen molar-refractivity contribution in [2.24, 2.45) is 32.0 Å². The first-order valence-electron chi connectivity index (χ1n) is 4.71. The van der Waals surface area contributed by atoms with E-state index in [1.165, 1.54) is 0 Å². The summed E-state index contributed by atoms with van der Waals surface area (Å²) in [5.41, 5.74) is -0.443. The monoisotopic (exact) mass is 182 g/mol. The molecule has 4 heteroatoms. The van der Waals surface area contributed by atoms with Crippen LogP contribution >= 0.6 is 0 Å². The van der Waals surface area contributed by atoms with E-state index in [9.17, 15) is 0 Å². The van der Waals surface area contributed by atoms with Gasteiger partial charge in [0.15, 0.2) is 5.66 Å². The molecule has 0 fully saturated rings. The maximum absolute atomic E-state index is 4.17. The smallest absolute Gasteiger partial charge is 0.134 e. The van der Waals surface area contributed by atoms with Crippen LogP contribution < -0.4 is 0 Å². The van der Waals surface area contributed by atoms with Crippen molar-refractivity contribution in [2.45, 2.75) is 46.7 Å². The standard InChI is InChI=1S/C9H18N4/c1-7(2)6-9(8(3,4)5)10-12-13-11-9/h7H,6H2,1-5H3. The second-order valence-electron chi connectivity index (χ2n) is 5.04. The lowest BCUT2D eigenvalue weighted by atomic mass is 9.77. The molecule has 0 unspecified atom stereocenters. The summed E-state index contributed by atoms with van der Waals surface area (Å²) in [7, 11) is 0. The molecule has 13 heavy (non-hydrogen) atoms. The molecule has 0 amide bonds. The predicted octanol–water partition coefficient (Wildman–Crippen LogP) is 3.61. The lowest BCUT2D eigenvalue weighted by Gasteiger charge is -2.34.